The van der Waals surface area contributed by atoms with Crippen molar-refractivity contribution < 1.29 is 4.79 Å². The Bertz CT molecular complexity index is 971. The van der Waals surface area contributed by atoms with Crippen molar-refractivity contribution in [3.63, 3.8) is 0 Å². The van der Waals surface area contributed by atoms with Crippen molar-refractivity contribution in [3.8, 4) is 5.69 Å². The van der Waals surface area contributed by atoms with Gasteiger partial charge in [-0.2, -0.15) is 5.10 Å². The maximum Gasteiger partial charge on any atom is 0.271 e. The molecule has 2 aromatic carbocycles. The quantitative estimate of drug-likeness (QED) is 0.554. The molecule has 0 fully saturated rings. The van der Waals surface area contributed by atoms with Crippen LogP contribution in [-0.4, -0.2) is 30.8 Å². The summed E-state index contributed by atoms with van der Waals surface area (Å²) in [5, 5.41) is 4.15. The van der Waals surface area contributed by atoms with Crippen molar-refractivity contribution >= 4 is 17.8 Å². The van der Waals surface area contributed by atoms with Gasteiger partial charge in [-0.05, 0) is 50.2 Å². The van der Waals surface area contributed by atoms with Crippen LogP contribution in [0.3, 0.4) is 0 Å². The normalized spacial score (nSPS) is 11.0. The molecule has 0 aliphatic carbocycles. The predicted molar refractivity (Wildman–Crippen MR) is 111 cm³/mol. The van der Waals surface area contributed by atoms with E-state index in [0.717, 1.165) is 28.3 Å². The van der Waals surface area contributed by atoms with Gasteiger partial charge >= 0.3 is 0 Å². The average molecular weight is 360 g/mol. The molecular formula is C22H24N4O. The Morgan fingerprint density at radius 2 is 1.78 bits per heavy atom. The molecule has 138 valence electrons. The Morgan fingerprint density at radius 3 is 2.48 bits per heavy atom. The summed E-state index contributed by atoms with van der Waals surface area (Å²) in [5.41, 5.74) is 8.43. The molecule has 5 heteroatoms. The largest absolute Gasteiger partial charge is 0.378 e. The highest BCUT2D eigenvalue weighted by Crippen LogP contribution is 2.19. The highest BCUT2D eigenvalue weighted by Gasteiger charge is 2.10. The molecule has 0 radical (unpaired) electrons. The third-order valence-corrected chi connectivity index (χ3v) is 4.48. The number of nitrogens with zero attached hydrogens (tertiary/aromatic N) is 3. The number of para-hydroxylation sites is 1. The summed E-state index contributed by atoms with van der Waals surface area (Å²) in [6.07, 6.45) is 1.69. The van der Waals surface area contributed by atoms with E-state index in [0.29, 0.717) is 5.56 Å². The van der Waals surface area contributed by atoms with Crippen LogP contribution in [0.5, 0.6) is 0 Å². The highest BCUT2D eigenvalue weighted by atomic mass is 16.2. The molecule has 0 saturated heterocycles. The van der Waals surface area contributed by atoms with Crippen LogP contribution in [-0.2, 0) is 0 Å². The van der Waals surface area contributed by atoms with Crippen LogP contribution in [0, 0.1) is 13.8 Å². The maximum atomic E-state index is 12.3. The standard InChI is InChI=1S/C22H24N4O/c1-16-13-19(17(2)26(16)20-10-6-5-7-11-20)15-23-24-22(27)18-9-8-12-21(14-18)25(3)4/h5-15H,1-4H3,(H,24,27)/b23-15-. The second-order valence-corrected chi connectivity index (χ2v) is 6.64. The first-order valence-electron chi connectivity index (χ1n) is 8.82. The van der Waals surface area contributed by atoms with E-state index in [-0.39, 0.29) is 5.91 Å². The summed E-state index contributed by atoms with van der Waals surface area (Å²) >= 11 is 0. The lowest BCUT2D eigenvalue weighted by Gasteiger charge is -2.12. The number of aryl methyl sites for hydroxylation is 1. The minimum atomic E-state index is -0.230. The summed E-state index contributed by atoms with van der Waals surface area (Å²) in [7, 11) is 3.88. The van der Waals surface area contributed by atoms with Crippen LogP contribution in [0.4, 0.5) is 5.69 Å². The zero-order valence-corrected chi connectivity index (χ0v) is 16.1. The molecule has 0 spiro atoms. The van der Waals surface area contributed by atoms with Crippen LogP contribution < -0.4 is 10.3 Å². The van der Waals surface area contributed by atoms with Crippen molar-refractivity contribution in [3.05, 3.63) is 83.2 Å². The van der Waals surface area contributed by atoms with Crippen molar-refractivity contribution in [1.29, 1.82) is 0 Å². The van der Waals surface area contributed by atoms with Crippen molar-refractivity contribution in [2.24, 2.45) is 5.10 Å². The van der Waals surface area contributed by atoms with Gasteiger partial charge in [-0.15, -0.1) is 0 Å². The number of amides is 1. The number of nitrogens with one attached hydrogen (secondary N) is 1. The second-order valence-electron chi connectivity index (χ2n) is 6.64. The van der Waals surface area contributed by atoms with E-state index in [1.54, 1.807) is 12.3 Å². The Kier molecular flexibility index (Phi) is 5.41. The van der Waals surface area contributed by atoms with Crippen LogP contribution >= 0.6 is 0 Å². The van der Waals surface area contributed by atoms with E-state index in [4.69, 9.17) is 0 Å². The molecule has 1 amide bonds. The Morgan fingerprint density at radius 1 is 1.04 bits per heavy atom. The lowest BCUT2D eigenvalue weighted by Crippen LogP contribution is -2.18. The Balaban J connectivity index is 1.76. The fraction of sp³-hybridized carbons (Fsp3) is 0.182. The molecule has 27 heavy (non-hydrogen) atoms. The molecule has 0 unspecified atom stereocenters. The molecule has 1 aromatic heterocycles. The van der Waals surface area contributed by atoms with Gasteiger partial charge in [-0.3, -0.25) is 4.79 Å². The van der Waals surface area contributed by atoms with Crippen molar-refractivity contribution in [2.45, 2.75) is 13.8 Å². The molecule has 5 nitrogen and oxygen atoms in total. The average Bonchev–Trinajstić information content (AvgIpc) is 2.96. The van der Waals surface area contributed by atoms with Gasteiger partial charge in [0.15, 0.2) is 0 Å². The van der Waals surface area contributed by atoms with Gasteiger partial charge in [-0.1, -0.05) is 24.3 Å². The van der Waals surface area contributed by atoms with E-state index >= 15 is 0 Å². The number of carbonyl (C=O) groups excluding carboxylic acids is 1. The van der Waals surface area contributed by atoms with E-state index < -0.39 is 0 Å². The Labute approximate surface area is 159 Å². The number of hydrogen-bond acceptors (Lipinski definition) is 3. The first-order chi connectivity index (χ1) is 13.0. The predicted octanol–water partition coefficient (Wildman–Crippen LogP) is 3.92. The summed E-state index contributed by atoms with van der Waals surface area (Å²) < 4.78 is 2.17. The fourth-order valence-electron chi connectivity index (χ4n) is 3.04. The van der Waals surface area contributed by atoms with Gasteiger partial charge in [0.1, 0.15) is 0 Å². The van der Waals surface area contributed by atoms with Gasteiger partial charge in [0.25, 0.3) is 5.91 Å². The van der Waals surface area contributed by atoms with Crippen LogP contribution in [0.1, 0.15) is 27.3 Å². The van der Waals surface area contributed by atoms with Crippen molar-refractivity contribution in [1.82, 2.24) is 9.99 Å². The minimum Gasteiger partial charge on any atom is -0.378 e. The summed E-state index contributed by atoms with van der Waals surface area (Å²) in [6.45, 7) is 4.10. The molecule has 3 rings (SSSR count). The van der Waals surface area contributed by atoms with E-state index in [1.807, 2.05) is 62.3 Å². The summed E-state index contributed by atoms with van der Waals surface area (Å²) in [4.78, 5) is 14.3. The van der Waals surface area contributed by atoms with Gasteiger partial charge in [0, 0.05) is 48.0 Å². The second kappa shape index (κ2) is 7.91. The van der Waals surface area contributed by atoms with E-state index in [9.17, 15) is 4.79 Å². The number of carbonyl (C=O) groups is 1. The molecule has 1 N–H and O–H groups in total. The first kappa shape index (κ1) is 18.5. The van der Waals surface area contributed by atoms with Crippen LogP contribution in [0.15, 0.2) is 65.8 Å². The molecular weight excluding hydrogens is 336 g/mol. The van der Waals surface area contributed by atoms with Gasteiger partial charge in [0.05, 0.1) is 6.21 Å². The number of rotatable bonds is 5. The Hall–Kier alpha value is -3.34. The monoisotopic (exact) mass is 360 g/mol. The molecule has 0 aliphatic rings. The topological polar surface area (TPSA) is 49.6 Å². The number of hydrogen-bond donors (Lipinski definition) is 1. The highest BCUT2D eigenvalue weighted by molar-refractivity contribution is 5.95. The number of hydrazone groups is 1. The summed E-state index contributed by atoms with van der Waals surface area (Å²) in [5.74, 6) is -0.230. The lowest BCUT2D eigenvalue weighted by molar-refractivity contribution is 0.0955. The number of benzene rings is 2. The first-order valence-corrected chi connectivity index (χ1v) is 8.82. The molecule has 0 aliphatic heterocycles. The third-order valence-electron chi connectivity index (χ3n) is 4.48. The van der Waals surface area contributed by atoms with Gasteiger partial charge in [0.2, 0.25) is 0 Å². The summed E-state index contributed by atoms with van der Waals surface area (Å²) in [6, 6.07) is 19.7. The van der Waals surface area contributed by atoms with Gasteiger partial charge in [-0.25, -0.2) is 5.43 Å². The lowest BCUT2D eigenvalue weighted by atomic mass is 10.2. The van der Waals surface area contributed by atoms with Gasteiger partial charge < -0.3 is 9.47 Å². The third kappa shape index (κ3) is 4.08. The molecule has 3 aromatic rings. The molecule has 1 heterocycles. The zero-order valence-electron chi connectivity index (χ0n) is 16.1. The smallest absolute Gasteiger partial charge is 0.271 e. The van der Waals surface area contributed by atoms with Crippen LogP contribution in [0.2, 0.25) is 0 Å². The van der Waals surface area contributed by atoms with Crippen molar-refractivity contribution in [2.75, 3.05) is 19.0 Å². The van der Waals surface area contributed by atoms with E-state index in [1.165, 1.54) is 0 Å². The maximum absolute atomic E-state index is 12.3. The zero-order chi connectivity index (χ0) is 19.4. The number of aromatic nitrogens is 1. The minimum absolute atomic E-state index is 0.230. The SMILES string of the molecule is Cc1cc(/C=N\NC(=O)c2cccc(N(C)C)c2)c(C)n1-c1ccccc1. The molecule has 0 bridgehead atoms. The van der Waals surface area contributed by atoms with Crippen LogP contribution in [0.25, 0.3) is 5.69 Å². The number of anilines is 1. The fourth-order valence-corrected chi connectivity index (χ4v) is 3.04. The van der Waals surface area contributed by atoms with E-state index in [2.05, 4.69) is 40.2 Å². The molecule has 0 saturated carbocycles. The molecule has 0 atom stereocenters.